The molecule has 1 saturated heterocycles. The van der Waals surface area contributed by atoms with E-state index in [1.165, 1.54) is 16.9 Å². The van der Waals surface area contributed by atoms with Crippen molar-refractivity contribution < 1.29 is 14.3 Å². The van der Waals surface area contributed by atoms with Crippen molar-refractivity contribution in [3.8, 4) is 0 Å². The number of carboxylic acid groups (broad SMARTS) is 1. The van der Waals surface area contributed by atoms with E-state index < -0.39 is 14.4 Å². The Bertz CT molecular complexity index is 621. The van der Waals surface area contributed by atoms with Gasteiger partial charge in [-0.15, -0.1) is 0 Å². The van der Waals surface area contributed by atoms with Crippen molar-refractivity contribution in [1.82, 2.24) is 10.3 Å². The van der Waals surface area contributed by atoms with Crippen LogP contribution >= 0.6 is 0 Å². The van der Waals surface area contributed by atoms with Gasteiger partial charge in [0.1, 0.15) is 0 Å². The van der Waals surface area contributed by atoms with Crippen LogP contribution in [0.3, 0.4) is 0 Å². The van der Waals surface area contributed by atoms with Gasteiger partial charge >= 0.3 is 160 Å². The monoisotopic (exact) mass is 427 g/mol. The number of nitrogens with zero attached hydrogens (tertiary/aromatic N) is 2. The quantitative estimate of drug-likeness (QED) is 0.714. The third kappa shape index (κ3) is 4.99. The summed E-state index contributed by atoms with van der Waals surface area (Å²) in [5.41, 5.74) is 1.14. The number of pyridine rings is 1. The molecule has 0 aromatic carbocycles. The Hall–Kier alpha value is -1.04. The van der Waals surface area contributed by atoms with E-state index in [2.05, 4.69) is 49.1 Å². The predicted octanol–water partition coefficient (Wildman–Crippen LogP) is 1.58. The Morgan fingerprint density at radius 1 is 1.48 bits per heavy atom. The molecule has 3 atom stereocenters. The topological polar surface area (TPSA) is 74.7 Å². The number of piperidine rings is 1. The Morgan fingerprint density at radius 2 is 2.16 bits per heavy atom. The van der Waals surface area contributed by atoms with Crippen LogP contribution < -0.4 is 14.6 Å². The molecule has 1 amide bonds. The first-order chi connectivity index (χ1) is 11.5. The fourth-order valence-electron chi connectivity index (χ4n) is 2.83. The average Bonchev–Trinajstić information content (AvgIpc) is 2.48. The average molecular weight is 427 g/mol. The summed E-state index contributed by atoms with van der Waals surface area (Å²) in [6, 6.07) is 1.77. The number of hydrogen-bond donors (Lipinski definition) is 2. The number of carbonyl (C=O) groups is 1. The zero-order chi connectivity index (χ0) is 18.8. The number of hydrogen-bond acceptors (Lipinski definition) is 4. The maximum atomic E-state index is 11.3. The summed E-state index contributed by atoms with van der Waals surface area (Å²) in [6.45, 7) is 12.5. The van der Waals surface area contributed by atoms with Crippen molar-refractivity contribution in [3.63, 3.8) is 0 Å². The fourth-order valence-corrected chi connectivity index (χ4v) is 4.99. The third-order valence-corrected chi connectivity index (χ3v) is 10.7. The molecular formula is C17H30AsN3O3Si. The summed E-state index contributed by atoms with van der Waals surface area (Å²) >= 11 is 1.53. The zero-order valence-electron chi connectivity index (χ0n) is 15.7. The van der Waals surface area contributed by atoms with Crippen LogP contribution in [0.4, 0.5) is 10.5 Å². The van der Waals surface area contributed by atoms with Crippen LogP contribution in [0, 0.1) is 0 Å². The zero-order valence-corrected chi connectivity index (χ0v) is 19.2. The van der Waals surface area contributed by atoms with Gasteiger partial charge < -0.3 is 0 Å². The summed E-state index contributed by atoms with van der Waals surface area (Å²) in [5, 5.41) is 12.1. The second kappa shape index (κ2) is 7.68. The van der Waals surface area contributed by atoms with Crippen molar-refractivity contribution >= 4 is 41.3 Å². The van der Waals surface area contributed by atoms with Gasteiger partial charge in [0.25, 0.3) is 0 Å². The SMILES string of the molecule is CC(C)(C)[Si](C)(C)O[C@@H]1CCN(c2ccncc2[AsH2])C[C@H]1NC(=O)O. The molecule has 1 unspecified atom stereocenters. The Kier molecular flexibility index (Phi) is 6.23. The Balaban J connectivity index is 2.18. The normalized spacial score (nSPS) is 21.9. The predicted molar refractivity (Wildman–Crippen MR) is 106 cm³/mol. The molecule has 2 heterocycles. The Morgan fingerprint density at radius 3 is 2.72 bits per heavy atom. The van der Waals surface area contributed by atoms with Crippen LogP contribution in [-0.4, -0.2) is 66.6 Å². The summed E-state index contributed by atoms with van der Waals surface area (Å²) in [7, 11) is -1.96. The molecule has 6 nitrogen and oxygen atoms in total. The molecule has 1 aromatic rings. The summed E-state index contributed by atoms with van der Waals surface area (Å²) < 4.78 is 7.71. The van der Waals surface area contributed by atoms with Crippen molar-refractivity contribution in [2.75, 3.05) is 18.0 Å². The van der Waals surface area contributed by atoms with Crippen LogP contribution in [0.5, 0.6) is 0 Å². The third-order valence-electron chi connectivity index (χ3n) is 5.28. The van der Waals surface area contributed by atoms with Gasteiger partial charge in [0.15, 0.2) is 0 Å². The van der Waals surface area contributed by atoms with E-state index in [-0.39, 0.29) is 17.2 Å². The second-order valence-electron chi connectivity index (χ2n) is 8.14. The first-order valence-corrected chi connectivity index (χ1v) is 12.7. The van der Waals surface area contributed by atoms with Gasteiger partial charge in [0, 0.05) is 0 Å². The van der Waals surface area contributed by atoms with Gasteiger partial charge in [-0.1, -0.05) is 0 Å². The number of amides is 1. The summed E-state index contributed by atoms with van der Waals surface area (Å²) in [5.74, 6) is 0. The van der Waals surface area contributed by atoms with Crippen LogP contribution in [0.25, 0.3) is 0 Å². The molecule has 1 aliphatic rings. The van der Waals surface area contributed by atoms with E-state index in [0.29, 0.717) is 6.54 Å². The maximum absolute atomic E-state index is 11.3. The van der Waals surface area contributed by atoms with Crippen molar-refractivity contribution in [2.24, 2.45) is 0 Å². The van der Waals surface area contributed by atoms with Crippen LogP contribution in [0.2, 0.25) is 18.1 Å². The van der Waals surface area contributed by atoms with Gasteiger partial charge in [0.2, 0.25) is 0 Å². The van der Waals surface area contributed by atoms with Gasteiger partial charge in [0.05, 0.1) is 0 Å². The summed E-state index contributed by atoms with van der Waals surface area (Å²) in [4.78, 5) is 17.7. The molecule has 140 valence electrons. The Labute approximate surface area is 160 Å². The van der Waals surface area contributed by atoms with Crippen LogP contribution in [0.15, 0.2) is 18.5 Å². The molecule has 1 aromatic heterocycles. The molecule has 2 N–H and O–H groups in total. The number of aromatic nitrogens is 1. The first kappa shape index (κ1) is 20.3. The van der Waals surface area contributed by atoms with Gasteiger partial charge in [-0.3, -0.25) is 0 Å². The first-order valence-electron chi connectivity index (χ1n) is 8.63. The molecule has 8 heteroatoms. The van der Waals surface area contributed by atoms with Crippen molar-refractivity contribution in [1.29, 1.82) is 0 Å². The number of rotatable bonds is 4. The van der Waals surface area contributed by atoms with Crippen molar-refractivity contribution in [3.05, 3.63) is 18.5 Å². The van der Waals surface area contributed by atoms with Gasteiger partial charge in [-0.2, -0.15) is 0 Å². The van der Waals surface area contributed by atoms with E-state index >= 15 is 0 Å². The van der Waals surface area contributed by atoms with E-state index in [4.69, 9.17) is 4.43 Å². The summed E-state index contributed by atoms with van der Waals surface area (Å²) in [6.07, 6.45) is 3.39. The van der Waals surface area contributed by atoms with Crippen LogP contribution in [0.1, 0.15) is 27.2 Å². The molecule has 0 spiro atoms. The molecule has 0 bridgehead atoms. The molecule has 0 aliphatic carbocycles. The van der Waals surface area contributed by atoms with Crippen molar-refractivity contribution in [2.45, 2.75) is 57.5 Å². The molecule has 25 heavy (non-hydrogen) atoms. The minimum atomic E-state index is -1.96. The molecule has 2 rings (SSSR count). The van der Waals surface area contributed by atoms with E-state index in [1.54, 1.807) is 6.20 Å². The van der Waals surface area contributed by atoms with E-state index in [9.17, 15) is 9.90 Å². The van der Waals surface area contributed by atoms with Crippen LogP contribution in [-0.2, 0) is 4.43 Å². The second-order valence-corrected chi connectivity index (χ2v) is 14.2. The molecule has 1 aliphatic heterocycles. The number of anilines is 1. The minimum absolute atomic E-state index is 0.0825. The van der Waals surface area contributed by atoms with Gasteiger partial charge in [-0.05, 0) is 0 Å². The van der Waals surface area contributed by atoms with E-state index in [0.717, 1.165) is 23.0 Å². The standard InChI is InChI=1S/C17H30AsN3O3Si/c1-17(2,3)25(4,5)24-15-7-9-21(11-13(15)20-16(22)23)14-6-8-19-10-12(14)18/h6,8,10,13,15,20H,7,9,11,18H2,1-5H3,(H,22,23)/t13-,15-/m1/s1. The van der Waals surface area contributed by atoms with E-state index in [1.807, 2.05) is 12.3 Å². The molecule has 1 fully saturated rings. The van der Waals surface area contributed by atoms with Gasteiger partial charge in [-0.25, -0.2) is 0 Å². The fraction of sp³-hybridized carbons (Fsp3) is 0.647. The molecular weight excluding hydrogens is 397 g/mol. The number of nitrogens with one attached hydrogen (secondary N) is 1. The molecule has 0 radical (unpaired) electrons. The molecule has 0 saturated carbocycles.